The van der Waals surface area contributed by atoms with Crippen LogP contribution in [0.25, 0.3) is 0 Å². The average molecular weight is 314 g/mol. The molecule has 1 aliphatic heterocycles. The summed E-state index contributed by atoms with van der Waals surface area (Å²) in [4.78, 5) is 14.1. The van der Waals surface area contributed by atoms with Crippen molar-refractivity contribution in [3.63, 3.8) is 0 Å². The highest BCUT2D eigenvalue weighted by atomic mass is 16.6. The van der Waals surface area contributed by atoms with E-state index in [1.165, 1.54) is 0 Å². The molecule has 22 heavy (non-hydrogen) atoms. The summed E-state index contributed by atoms with van der Waals surface area (Å²) in [6.07, 6.45) is 1.88. The van der Waals surface area contributed by atoms with Crippen LogP contribution in [0.2, 0.25) is 0 Å². The van der Waals surface area contributed by atoms with Crippen LogP contribution in [0, 0.1) is 10.8 Å². The minimum absolute atomic E-state index is 0.0562. The number of aliphatic hydroxyl groups excluding tert-OH is 1. The van der Waals surface area contributed by atoms with Gasteiger partial charge in [-0.1, -0.05) is 20.8 Å². The fraction of sp³-hybridized carbons (Fsp3) is 0.941. The van der Waals surface area contributed by atoms with E-state index in [0.29, 0.717) is 6.54 Å². The van der Waals surface area contributed by atoms with Gasteiger partial charge in [0.15, 0.2) is 0 Å². The van der Waals surface area contributed by atoms with Crippen molar-refractivity contribution in [2.24, 2.45) is 10.8 Å². The largest absolute Gasteiger partial charge is 0.444 e. The molecule has 0 radical (unpaired) electrons. The molecule has 1 unspecified atom stereocenters. The quantitative estimate of drug-likeness (QED) is 0.819. The third-order valence-corrected chi connectivity index (χ3v) is 4.02. The van der Waals surface area contributed by atoms with Gasteiger partial charge in [0.25, 0.3) is 0 Å². The molecule has 0 aromatic carbocycles. The van der Waals surface area contributed by atoms with Gasteiger partial charge in [-0.25, -0.2) is 4.79 Å². The number of nitrogens with one attached hydrogen (secondary N) is 1. The standard InChI is InChI=1S/C17H34N2O3/c1-15(2,3)22-14(21)19-9-7-8-17(6,12-19)11-18-10-16(4,5)13-20/h18,20H,7-13H2,1-6H3. The Bertz CT molecular complexity index is 377. The number of carbonyl (C=O) groups is 1. The fourth-order valence-electron chi connectivity index (χ4n) is 2.70. The van der Waals surface area contributed by atoms with Gasteiger partial charge in [-0.05, 0) is 39.0 Å². The highest BCUT2D eigenvalue weighted by molar-refractivity contribution is 5.68. The smallest absolute Gasteiger partial charge is 0.410 e. The second-order valence-corrected chi connectivity index (χ2v) is 8.74. The molecule has 1 atom stereocenters. The van der Waals surface area contributed by atoms with Crippen LogP contribution < -0.4 is 5.32 Å². The number of nitrogens with zero attached hydrogens (tertiary/aromatic N) is 1. The van der Waals surface area contributed by atoms with E-state index in [4.69, 9.17) is 4.74 Å². The van der Waals surface area contributed by atoms with E-state index in [0.717, 1.165) is 32.5 Å². The van der Waals surface area contributed by atoms with Gasteiger partial charge in [0.2, 0.25) is 0 Å². The molecule has 0 aliphatic carbocycles. The van der Waals surface area contributed by atoms with Crippen molar-refractivity contribution in [2.45, 2.75) is 60.0 Å². The van der Waals surface area contributed by atoms with Crippen LogP contribution in [-0.4, -0.2) is 54.5 Å². The lowest BCUT2D eigenvalue weighted by molar-refractivity contribution is 0.00636. The molecule has 5 nitrogen and oxygen atoms in total. The molecule has 1 amide bonds. The van der Waals surface area contributed by atoms with E-state index in [2.05, 4.69) is 12.2 Å². The van der Waals surface area contributed by atoms with Crippen molar-refractivity contribution >= 4 is 6.09 Å². The summed E-state index contributed by atoms with van der Waals surface area (Å²) < 4.78 is 5.48. The molecule has 0 bridgehead atoms. The van der Waals surface area contributed by atoms with Crippen LogP contribution >= 0.6 is 0 Å². The van der Waals surface area contributed by atoms with Gasteiger partial charge < -0.3 is 20.1 Å². The Morgan fingerprint density at radius 1 is 1.32 bits per heavy atom. The summed E-state index contributed by atoms with van der Waals surface area (Å²) in [6.45, 7) is 15.2. The van der Waals surface area contributed by atoms with Gasteiger partial charge in [-0.3, -0.25) is 0 Å². The Balaban J connectivity index is 2.52. The maximum atomic E-state index is 12.2. The van der Waals surface area contributed by atoms with E-state index in [1.807, 2.05) is 39.5 Å². The van der Waals surface area contributed by atoms with Crippen molar-refractivity contribution in [1.82, 2.24) is 10.2 Å². The molecule has 0 saturated carbocycles. The lowest BCUT2D eigenvalue weighted by Crippen LogP contribution is -2.50. The van der Waals surface area contributed by atoms with E-state index >= 15 is 0 Å². The average Bonchev–Trinajstić information content (AvgIpc) is 2.36. The zero-order valence-corrected chi connectivity index (χ0v) is 15.2. The zero-order chi connectivity index (χ0) is 17.0. The second-order valence-electron chi connectivity index (χ2n) is 8.74. The third-order valence-electron chi connectivity index (χ3n) is 4.02. The number of piperidine rings is 1. The van der Waals surface area contributed by atoms with Crippen molar-refractivity contribution in [3.05, 3.63) is 0 Å². The molecule has 1 fully saturated rings. The topological polar surface area (TPSA) is 61.8 Å². The maximum absolute atomic E-state index is 12.2. The van der Waals surface area contributed by atoms with Crippen LogP contribution in [0.5, 0.6) is 0 Å². The van der Waals surface area contributed by atoms with Crippen LogP contribution in [0.15, 0.2) is 0 Å². The Labute approximate surface area is 135 Å². The van der Waals surface area contributed by atoms with Gasteiger partial charge in [0.05, 0.1) is 0 Å². The Morgan fingerprint density at radius 2 is 1.95 bits per heavy atom. The Morgan fingerprint density at radius 3 is 2.50 bits per heavy atom. The van der Waals surface area contributed by atoms with E-state index < -0.39 is 5.60 Å². The molecule has 0 spiro atoms. The minimum atomic E-state index is -0.450. The predicted octanol–water partition coefficient (Wildman–Crippen LogP) is 2.63. The first-order valence-electron chi connectivity index (χ1n) is 8.26. The third kappa shape index (κ3) is 6.53. The molecule has 1 aliphatic rings. The molecule has 2 N–H and O–H groups in total. The molecular formula is C17H34N2O3. The van der Waals surface area contributed by atoms with Crippen LogP contribution in [0.1, 0.15) is 54.4 Å². The number of likely N-dealkylation sites (tertiary alicyclic amines) is 1. The zero-order valence-electron chi connectivity index (χ0n) is 15.2. The first-order chi connectivity index (χ1) is 9.96. The Kier molecular flexibility index (Phi) is 6.27. The number of rotatable bonds is 5. The minimum Gasteiger partial charge on any atom is -0.444 e. The molecule has 1 saturated heterocycles. The lowest BCUT2D eigenvalue weighted by Gasteiger charge is -2.41. The van der Waals surface area contributed by atoms with Crippen molar-refractivity contribution in [1.29, 1.82) is 0 Å². The number of amides is 1. The molecule has 130 valence electrons. The normalized spacial score (nSPS) is 23.5. The highest BCUT2D eigenvalue weighted by Crippen LogP contribution is 2.30. The highest BCUT2D eigenvalue weighted by Gasteiger charge is 2.35. The second kappa shape index (κ2) is 7.18. The summed E-state index contributed by atoms with van der Waals surface area (Å²) in [6, 6.07) is 0. The molecular weight excluding hydrogens is 280 g/mol. The number of aliphatic hydroxyl groups is 1. The van der Waals surface area contributed by atoms with Crippen LogP contribution in [-0.2, 0) is 4.74 Å². The van der Waals surface area contributed by atoms with Crippen LogP contribution in [0.4, 0.5) is 4.79 Å². The number of ether oxygens (including phenoxy) is 1. The number of hydrogen-bond donors (Lipinski definition) is 2. The summed E-state index contributed by atoms with van der Waals surface area (Å²) in [7, 11) is 0. The molecule has 0 aromatic heterocycles. The fourth-order valence-corrected chi connectivity index (χ4v) is 2.70. The van der Waals surface area contributed by atoms with Gasteiger partial charge in [-0.2, -0.15) is 0 Å². The Hall–Kier alpha value is -0.810. The molecule has 0 aromatic rings. The summed E-state index contributed by atoms with van der Waals surface area (Å²) in [5.41, 5.74) is -0.509. The summed E-state index contributed by atoms with van der Waals surface area (Å²) >= 11 is 0. The van der Waals surface area contributed by atoms with E-state index in [9.17, 15) is 9.90 Å². The molecule has 1 rings (SSSR count). The summed E-state index contributed by atoms with van der Waals surface area (Å²) in [5.74, 6) is 0. The van der Waals surface area contributed by atoms with Crippen molar-refractivity contribution in [2.75, 3.05) is 32.8 Å². The number of hydrogen-bond acceptors (Lipinski definition) is 4. The van der Waals surface area contributed by atoms with E-state index in [-0.39, 0.29) is 23.5 Å². The SMILES string of the molecule is CC(C)(CO)CNCC1(C)CCCN(C(=O)OC(C)(C)C)C1. The number of carbonyl (C=O) groups excluding carboxylic acids is 1. The van der Waals surface area contributed by atoms with E-state index in [1.54, 1.807) is 0 Å². The first-order valence-corrected chi connectivity index (χ1v) is 8.26. The maximum Gasteiger partial charge on any atom is 0.410 e. The van der Waals surface area contributed by atoms with Gasteiger partial charge >= 0.3 is 6.09 Å². The summed E-state index contributed by atoms with van der Waals surface area (Å²) in [5, 5.41) is 12.8. The van der Waals surface area contributed by atoms with Gasteiger partial charge in [0.1, 0.15) is 5.60 Å². The van der Waals surface area contributed by atoms with Gasteiger partial charge in [-0.15, -0.1) is 0 Å². The molecule has 1 heterocycles. The molecule has 5 heteroatoms. The lowest BCUT2D eigenvalue weighted by atomic mass is 9.81. The monoisotopic (exact) mass is 314 g/mol. The predicted molar refractivity (Wildman–Crippen MR) is 88.9 cm³/mol. The van der Waals surface area contributed by atoms with Crippen molar-refractivity contribution < 1.29 is 14.6 Å². The van der Waals surface area contributed by atoms with Crippen LogP contribution in [0.3, 0.4) is 0 Å². The van der Waals surface area contributed by atoms with Gasteiger partial charge in [0, 0.05) is 38.2 Å². The van der Waals surface area contributed by atoms with Crippen molar-refractivity contribution in [3.8, 4) is 0 Å². The first kappa shape index (κ1) is 19.2.